The summed E-state index contributed by atoms with van der Waals surface area (Å²) in [5.74, 6) is -0.316. The van der Waals surface area contributed by atoms with Gasteiger partial charge in [0.1, 0.15) is 11.9 Å². The third-order valence-electron chi connectivity index (χ3n) is 3.08. The van der Waals surface area contributed by atoms with Crippen LogP contribution >= 0.6 is 15.9 Å². The number of carbonyl (C=O) groups excluding carboxylic acids is 1. The van der Waals surface area contributed by atoms with Gasteiger partial charge < -0.3 is 10.2 Å². The molecule has 1 amide bonds. The molecule has 1 aromatic carbocycles. The summed E-state index contributed by atoms with van der Waals surface area (Å²) in [6.07, 6.45) is 0. The molecule has 0 aliphatic heterocycles. The molecule has 0 aromatic heterocycles. The first-order valence-corrected chi connectivity index (χ1v) is 7.20. The topological polar surface area (TPSA) is 32.3 Å². The van der Waals surface area contributed by atoms with E-state index in [-0.39, 0.29) is 17.8 Å². The lowest BCUT2D eigenvalue weighted by molar-refractivity contribution is -0.131. The third kappa shape index (κ3) is 3.93. The Morgan fingerprint density at radius 2 is 2.00 bits per heavy atom. The number of aryl methyl sites for hydroxylation is 1. The zero-order valence-corrected chi connectivity index (χ0v) is 13.3. The van der Waals surface area contributed by atoms with Crippen LogP contribution in [0, 0.1) is 12.7 Å². The van der Waals surface area contributed by atoms with Crippen molar-refractivity contribution in [3.63, 3.8) is 0 Å². The normalized spacial score (nSPS) is 12.1. The summed E-state index contributed by atoms with van der Waals surface area (Å²) >= 11 is 3.14. The van der Waals surface area contributed by atoms with Gasteiger partial charge in [-0.05, 0) is 61.3 Å². The molecule has 0 saturated heterocycles. The van der Waals surface area contributed by atoms with Crippen LogP contribution in [-0.4, -0.2) is 29.9 Å². The number of rotatable bonds is 5. The second-order valence-electron chi connectivity index (χ2n) is 4.46. The summed E-state index contributed by atoms with van der Waals surface area (Å²) in [5.41, 5.74) is 1.54. The summed E-state index contributed by atoms with van der Waals surface area (Å²) in [7, 11) is 0. The quantitative estimate of drug-likeness (QED) is 0.895. The van der Waals surface area contributed by atoms with Crippen molar-refractivity contribution in [2.75, 3.05) is 18.4 Å². The number of anilines is 1. The van der Waals surface area contributed by atoms with E-state index < -0.39 is 0 Å². The molecule has 3 nitrogen and oxygen atoms in total. The minimum Gasteiger partial charge on any atom is -0.374 e. The van der Waals surface area contributed by atoms with Crippen molar-refractivity contribution >= 4 is 27.5 Å². The first-order valence-electron chi connectivity index (χ1n) is 6.41. The Hall–Kier alpha value is -1.10. The van der Waals surface area contributed by atoms with Gasteiger partial charge in [-0.1, -0.05) is 0 Å². The molecular weight excluding hydrogens is 311 g/mol. The van der Waals surface area contributed by atoms with Gasteiger partial charge in [-0.15, -0.1) is 0 Å². The molecule has 0 bridgehead atoms. The summed E-state index contributed by atoms with van der Waals surface area (Å²) in [5, 5.41) is 3.08. The van der Waals surface area contributed by atoms with Crippen molar-refractivity contribution in [1.29, 1.82) is 0 Å². The smallest absolute Gasteiger partial charge is 0.244 e. The predicted molar refractivity (Wildman–Crippen MR) is 79.8 cm³/mol. The maximum atomic E-state index is 13.5. The van der Waals surface area contributed by atoms with Crippen LogP contribution in [0.1, 0.15) is 26.3 Å². The van der Waals surface area contributed by atoms with Gasteiger partial charge in [0.25, 0.3) is 0 Å². The van der Waals surface area contributed by atoms with Crippen LogP contribution in [0.25, 0.3) is 0 Å². The number of nitrogens with one attached hydrogen (secondary N) is 1. The lowest BCUT2D eigenvalue weighted by Gasteiger charge is -2.24. The number of hydrogen-bond donors (Lipinski definition) is 1. The Morgan fingerprint density at radius 3 is 2.53 bits per heavy atom. The third-order valence-corrected chi connectivity index (χ3v) is 3.69. The molecule has 1 rings (SSSR count). The maximum Gasteiger partial charge on any atom is 0.244 e. The minimum absolute atomic E-state index is 0.0210. The number of amides is 1. The first-order chi connectivity index (χ1) is 8.90. The van der Waals surface area contributed by atoms with E-state index in [9.17, 15) is 9.18 Å². The molecule has 0 radical (unpaired) electrons. The van der Waals surface area contributed by atoms with E-state index in [2.05, 4.69) is 21.2 Å². The summed E-state index contributed by atoms with van der Waals surface area (Å²) in [6, 6.07) is 2.73. The Labute approximate surface area is 122 Å². The largest absolute Gasteiger partial charge is 0.374 e. The SMILES string of the molecule is CCN(CC)C(=O)C(C)Nc1cc(F)c(Br)cc1C. The Bertz CT molecular complexity index is 461. The second-order valence-corrected chi connectivity index (χ2v) is 5.31. The number of hydrogen-bond acceptors (Lipinski definition) is 2. The summed E-state index contributed by atoms with van der Waals surface area (Å²) in [6.45, 7) is 8.91. The molecule has 1 atom stereocenters. The fourth-order valence-corrected chi connectivity index (χ4v) is 2.36. The summed E-state index contributed by atoms with van der Waals surface area (Å²) < 4.78 is 13.9. The number of likely N-dealkylation sites (N-methyl/N-ethyl adjacent to an activating group) is 1. The van der Waals surface area contributed by atoms with Crippen LogP contribution in [0.4, 0.5) is 10.1 Å². The molecule has 106 valence electrons. The number of carbonyl (C=O) groups is 1. The molecule has 0 saturated carbocycles. The highest BCUT2D eigenvalue weighted by Gasteiger charge is 2.18. The molecule has 5 heteroatoms. The van der Waals surface area contributed by atoms with E-state index >= 15 is 0 Å². The van der Waals surface area contributed by atoms with Crippen LogP contribution in [0.3, 0.4) is 0 Å². The van der Waals surface area contributed by atoms with Crippen molar-refractivity contribution in [2.24, 2.45) is 0 Å². The van der Waals surface area contributed by atoms with E-state index in [1.165, 1.54) is 6.07 Å². The number of nitrogens with zero attached hydrogens (tertiary/aromatic N) is 1. The molecule has 19 heavy (non-hydrogen) atoms. The zero-order valence-electron chi connectivity index (χ0n) is 11.8. The van der Waals surface area contributed by atoms with E-state index in [1.807, 2.05) is 20.8 Å². The van der Waals surface area contributed by atoms with Crippen LogP contribution in [0.15, 0.2) is 16.6 Å². The van der Waals surface area contributed by atoms with Gasteiger partial charge in [-0.2, -0.15) is 0 Å². The van der Waals surface area contributed by atoms with Crippen LogP contribution in [-0.2, 0) is 4.79 Å². The van der Waals surface area contributed by atoms with Gasteiger partial charge in [0.15, 0.2) is 0 Å². The van der Waals surface area contributed by atoms with Gasteiger partial charge in [0.05, 0.1) is 4.47 Å². The molecule has 0 spiro atoms. The maximum absolute atomic E-state index is 13.5. The number of benzene rings is 1. The highest BCUT2D eigenvalue weighted by atomic mass is 79.9. The van der Waals surface area contributed by atoms with Crippen LogP contribution < -0.4 is 5.32 Å². The van der Waals surface area contributed by atoms with Gasteiger partial charge in [-0.3, -0.25) is 4.79 Å². The van der Waals surface area contributed by atoms with E-state index in [0.717, 1.165) is 5.56 Å². The highest BCUT2D eigenvalue weighted by molar-refractivity contribution is 9.10. The molecule has 0 aliphatic carbocycles. The predicted octanol–water partition coefficient (Wildman–Crippen LogP) is 3.57. The Kier molecular flexibility index (Phi) is 5.79. The first kappa shape index (κ1) is 16.0. The van der Waals surface area contributed by atoms with E-state index in [4.69, 9.17) is 0 Å². The van der Waals surface area contributed by atoms with Gasteiger partial charge in [-0.25, -0.2) is 4.39 Å². The van der Waals surface area contributed by atoms with E-state index in [1.54, 1.807) is 17.9 Å². The van der Waals surface area contributed by atoms with Crippen LogP contribution in [0.5, 0.6) is 0 Å². The lowest BCUT2D eigenvalue weighted by atomic mass is 10.1. The van der Waals surface area contributed by atoms with Crippen molar-refractivity contribution in [2.45, 2.75) is 33.7 Å². The van der Waals surface area contributed by atoms with Gasteiger partial charge in [0, 0.05) is 18.8 Å². The van der Waals surface area contributed by atoms with E-state index in [0.29, 0.717) is 23.2 Å². The molecule has 0 fully saturated rings. The molecule has 1 aromatic rings. The average Bonchev–Trinajstić information content (AvgIpc) is 2.37. The van der Waals surface area contributed by atoms with Crippen molar-refractivity contribution in [3.8, 4) is 0 Å². The summed E-state index contributed by atoms with van der Waals surface area (Å²) in [4.78, 5) is 13.9. The monoisotopic (exact) mass is 330 g/mol. The van der Waals surface area contributed by atoms with Crippen LogP contribution in [0.2, 0.25) is 0 Å². The second kappa shape index (κ2) is 6.89. The Morgan fingerprint density at radius 1 is 1.42 bits per heavy atom. The Balaban J connectivity index is 2.85. The van der Waals surface area contributed by atoms with Crippen molar-refractivity contribution in [3.05, 3.63) is 28.0 Å². The van der Waals surface area contributed by atoms with Crippen molar-refractivity contribution < 1.29 is 9.18 Å². The zero-order chi connectivity index (χ0) is 14.6. The standard InChI is InChI=1S/C14H20BrFN2O/c1-5-18(6-2)14(19)10(4)17-13-8-12(16)11(15)7-9(13)3/h7-8,10,17H,5-6H2,1-4H3. The molecule has 0 heterocycles. The molecule has 1 unspecified atom stereocenters. The number of halogens is 2. The van der Waals surface area contributed by atoms with Gasteiger partial charge >= 0.3 is 0 Å². The fraction of sp³-hybridized carbons (Fsp3) is 0.500. The lowest BCUT2D eigenvalue weighted by Crippen LogP contribution is -2.41. The highest BCUT2D eigenvalue weighted by Crippen LogP contribution is 2.24. The molecular formula is C14H20BrFN2O. The average molecular weight is 331 g/mol. The van der Waals surface area contributed by atoms with Crippen molar-refractivity contribution in [1.82, 2.24) is 4.90 Å². The fourth-order valence-electron chi connectivity index (χ4n) is 1.91. The molecule has 1 N–H and O–H groups in total. The minimum atomic E-state index is -0.376. The molecule has 0 aliphatic rings. The van der Waals surface area contributed by atoms with Gasteiger partial charge in [0.2, 0.25) is 5.91 Å².